The van der Waals surface area contributed by atoms with Gasteiger partial charge < -0.3 is 0 Å². The minimum Gasteiger partial charge on any atom is -0.273 e. The predicted octanol–water partition coefficient (Wildman–Crippen LogP) is 0.396. The van der Waals surface area contributed by atoms with Crippen LogP contribution >= 0.6 is 0 Å². The highest BCUT2D eigenvalue weighted by Gasteiger charge is 2.49. The summed E-state index contributed by atoms with van der Waals surface area (Å²) in [6.45, 7) is 0. The van der Waals surface area contributed by atoms with E-state index in [1.165, 1.54) is 0 Å². The van der Waals surface area contributed by atoms with Crippen LogP contribution in [0.2, 0.25) is 0 Å². The summed E-state index contributed by atoms with van der Waals surface area (Å²) < 4.78 is 24.5. The zero-order valence-electron chi connectivity index (χ0n) is 7.38. The molecule has 74 valence electrons. The highest BCUT2D eigenvalue weighted by Crippen LogP contribution is 2.40. The molecule has 0 bridgehead atoms. The van der Waals surface area contributed by atoms with Crippen molar-refractivity contribution in [3.8, 4) is 0 Å². The molecule has 0 atom stereocenters. The van der Waals surface area contributed by atoms with Gasteiger partial charge in [0, 0.05) is 0 Å². The van der Waals surface area contributed by atoms with Crippen molar-refractivity contribution in [1.82, 2.24) is 4.72 Å². The minimum atomic E-state index is -3.30. The number of nitrogens with one attached hydrogen (secondary N) is 1. The zero-order valence-corrected chi connectivity index (χ0v) is 8.19. The van der Waals surface area contributed by atoms with Gasteiger partial charge in [-0.2, -0.15) is 0 Å². The molecular weight excluding hydrogens is 190 g/mol. The van der Waals surface area contributed by atoms with E-state index in [1.54, 1.807) is 0 Å². The molecule has 0 aromatic carbocycles. The van der Waals surface area contributed by atoms with Crippen LogP contribution in [0.15, 0.2) is 0 Å². The molecule has 1 saturated heterocycles. The quantitative estimate of drug-likeness (QED) is 0.619. The summed E-state index contributed by atoms with van der Waals surface area (Å²) in [5.74, 6) is -0.258. The third-order valence-corrected chi connectivity index (χ3v) is 4.44. The second kappa shape index (κ2) is 2.70. The van der Waals surface area contributed by atoms with Gasteiger partial charge in [0.2, 0.25) is 15.9 Å². The van der Waals surface area contributed by atoms with Crippen molar-refractivity contribution in [2.45, 2.75) is 32.1 Å². The Balaban J connectivity index is 2.28. The van der Waals surface area contributed by atoms with Crippen LogP contribution in [0.1, 0.15) is 32.1 Å². The van der Waals surface area contributed by atoms with Crippen molar-refractivity contribution in [2.75, 3.05) is 5.75 Å². The molecule has 2 fully saturated rings. The van der Waals surface area contributed by atoms with Gasteiger partial charge in [0.15, 0.2) is 0 Å². The Morgan fingerprint density at radius 1 is 1.15 bits per heavy atom. The highest BCUT2D eigenvalue weighted by atomic mass is 32.2. The first-order valence-corrected chi connectivity index (χ1v) is 6.24. The van der Waals surface area contributed by atoms with Crippen molar-refractivity contribution in [3.63, 3.8) is 0 Å². The Morgan fingerprint density at radius 2 is 1.77 bits per heavy atom. The molecule has 1 saturated carbocycles. The summed E-state index contributed by atoms with van der Waals surface area (Å²) in [4.78, 5) is 11.5. The lowest BCUT2D eigenvalue weighted by Gasteiger charge is -2.28. The van der Waals surface area contributed by atoms with Crippen LogP contribution in [-0.2, 0) is 14.8 Å². The maximum absolute atomic E-state index is 11.5. The Hall–Kier alpha value is -0.580. The smallest absolute Gasteiger partial charge is 0.240 e. The molecule has 13 heavy (non-hydrogen) atoms. The van der Waals surface area contributed by atoms with Gasteiger partial charge in [-0.1, -0.05) is 19.3 Å². The number of rotatable bonds is 0. The fourth-order valence-electron chi connectivity index (χ4n) is 2.31. The fourth-order valence-corrected chi connectivity index (χ4v) is 4.03. The summed E-state index contributed by atoms with van der Waals surface area (Å²) in [6.07, 6.45) is 4.54. The Labute approximate surface area is 77.8 Å². The molecule has 0 radical (unpaired) electrons. The lowest BCUT2D eigenvalue weighted by molar-refractivity contribution is -0.128. The molecule has 2 aliphatic rings. The van der Waals surface area contributed by atoms with Crippen molar-refractivity contribution < 1.29 is 13.2 Å². The number of sulfonamides is 1. The first kappa shape index (κ1) is 8.99. The van der Waals surface area contributed by atoms with Crippen LogP contribution in [-0.4, -0.2) is 20.1 Å². The van der Waals surface area contributed by atoms with Crippen LogP contribution in [0, 0.1) is 5.41 Å². The number of carbonyl (C=O) groups is 1. The van der Waals surface area contributed by atoms with E-state index < -0.39 is 15.4 Å². The predicted molar refractivity (Wildman–Crippen MR) is 47.4 cm³/mol. The summed E-state index contributed by atoms with van der Waals surface area (Å²) >= 11 is 0. The first-order chi connectivity index (χ1) is 6.04. The summed E-state index contributed by atoms with van der Waals surface area (Å²) in [7, 11) is -3.30. The molecule has 4 nitrogen and oxygen atoms in total. The van der Waals surface area contributed by atoms with Gasteiger partial charge in [-0.15, -0.1) is 0 Å². The maximum atomic E-state index is 11.5. The average molecular weight is 203 g/mol. The molecule has 0 aromatic rings. The van der Waals surface area contributed by atoms with Crippen molar-refractivity contribution >= 4 is 15.9 Å². The summed E-state index contributed by atoms with van der Waals surface area (Å²) in [5, 5.41) is 0. The third-order valence-electron chi connectivity index (χ3n) is 3.01. The van der Waals surface area contributed by atoms with E-state index in [1.807, 2.05) is 0 Å². The fraction of sp³-hybridized carbons (Fsp3) is 0.875. The zero-order chi connectivity index (χ0) is 9.53. The molecule has 1 aliphatic heterocycles. The summed E-state index contributed by atoms with van der Waals surface area (Å²) in [6, 6.07) is 0. The number of hydrogen-bond donors (Lipinski definition) is 1. The van der Waals surface area contributed by atoms with E-state index in [2.05, 4.69) is 4.72 Å². The largest absolute Gasteiger partial charge is 0.273 e. The lowest BCUT2D eigenvalue weighted by Crippen LogP contribution is -2.34. The van der Waals surface area contributed by atoms with E-state index >= 15 is 0 Å². The topological polar surface area (TPSA) is 63.2 Å². The lowest BCUT2D eigenvalue weighted by atomic mass is 9.75. The van der Waals surface area contributed by atoms with Gasteiger partial charge >= 0.3 is 0 Å². The Bertz CT molecular complexity index is 327. The van der Waals surface area contributed by atoms with Gasteiger partial charge in [0.1, 0.15) is 0 Å². The molecule has 1 heterocycles. The van der Waals surface area contributed by atoms with E-state index in [0.717, 1.165) is 32.1 Å². The second-order valence-electron chi connectivity index (χ2n) is 4.03. The van der Waals surface area contributed by atoms with Crippen molar-refractivity contribution in [2.24, 2.45) is 5.41 Å². The van der Waals surface area contributed by atoms with Crippen LogP contribution in [0.25, 0.3) is 0 Å². The Morgan fingerprint density at radius 3 is 2.23 bits per heavy atom. The number of amides is 1. The first-order valence-electron chi connectivity index (χ1n) is 4.59. The summed E-state index contributed by atoms with van der Waals surface area (Å²) in [5.41, 5.74) is -0.572. The molecular formula is C8H13NO3S. The normalized spacial score (nSPS) is 30.3. The monoisotopic (exact) mass is 203 g/mol. The van der Waals surface area contributed by atoms with E-state index in [0.29, 0.717) is 0 Å². The van der Waals surface area contributed by atoms with Gasteiger partial charge in [-0.25, -0.2) is 8.42 Å². The molecule has 0 unspecified atom stereocenters. The molecule has 1 amide bonds. The molecule has 1 spiro atoms. The number of carbonyl (C=O) groups excluding carboxylic acids is 1. The van der Waals surface area contributed by atoms with E-state index in [4.69, 9.17) is 0 Å². The molecule has 0 aromatic heterocycles. The Kier molecular flexibility index (Phi) is 1.87. The van der Waals surface area contributed by atoms with Crippen LogP contribution in [0.4, 0.5) is 0 Å². The van der Waals surface area contributed by atoms with Crippen LogP contribution in [0.5, 0.6) is 0 Å². The third kappa shape index (κ3) is 1.45. The standard InChI is InChI=1S/C8H13NO3S/c10-7-8(4-2-1-3-5-8)6-13(11,12)9-7/h1-6H2,(H,9,10). The van der Waals surface area contributed by atoms with Crippen molar-refractivity contribution in [1.29, 1.82) is 0 Å². The minimum absolute atomic E-state index is 0.0127. The number of hydrogen-bond acceptors (Lipinski definition) is 3. The van der Waals surface area contributed by atoms with E-state index in [-0.39, 0.29) is 11.7 Å². The van der Waals surface area contributed by atoms with Crippen molar-refractivity contribution in [3.05, 3.63) is 0 Å². The van der Waals surface area contributed by atoms with Crippen LogP contribution in [0.3, 0.4) is 0 Å². The SMILES string of the molecule is O=C1NS(=O)(=O)CC12CCCCC2. The molecule has 2 rings (SSSR count). The molecule has 5 heteroatoms. The molecule has 1 N–H and O–H groups in total. The van der Waals surface area contributed by atoms with Gasteiger partial charge in [0.05, 0.1) is 11.2 Å². The van der Waals surface area contributed by atoms with Gasteiger partial charge in [-0.05, 0) is 12.8 Å². The van der Waals surface area contributed by atoms with Gasteiger partial charge in [0.25, 0.3) is 0 Å². The average Bonchev–Trinajstić information content (AvgIpc) is 2.23. The second-order valence-corrected chi connectivity index (χ2v) is 5.75. The van der Waals surface area contributed by atoms with Gasteiger partial charge in [-0.3, -0.25) is 9.52 Å². The van der Waals surface area contributed by atoms with Crippen LogP contribution < -0.4 is 4.72 Å². The molecule has 1 aliphatic carbocycles. The maximum Gasteiger partial charge on any atom is 0.240 e. The highest BCUT2D eigenvalue weighted by molar-refractivity contribution is 7.90. The van der Waals surface area contributed by atoms with E-state index in [9.17, 15) is 13.2 Å².